The van der Waals surface area contributed by atoms with Crippen molar-refractivity contribution in [2.24, 2.45) is 11.7 Å². The molecule has 0 spiro atoms. The minimum atomic E-state index is -0.739. The van der Waals surface area contributed by atoms with Gasteiger partial charge in [-0.1, -0.05) is 19.3 Å². The summed E-state index contributed by atoms with van der Waals surface area (Å²) in [5, 5.41) is 9.39. The van der Waals surface area contributed by atoms with Gasteiger partial charge in [-0.2, -0.15) is 0 Å². The molecule has 4 heteroatoms. The van der Waals surface area contributed by atoms with E-state index in [1.165, 1.54) is 32.1 Å². The number of hydrogen-bond donors (Lipinski definition) is 2. The van der Waals surface area contributed by atoms with Crippen LogP contribution in [0.15, 0.2) is 0 Å². The zero-order valence-corrected chi connectivity index (χ0v) is 10.7. The van der Waals surface area contributed by atoms with E-state index in [1.807, 2.05) is 6.92 Å². The summed E-state index contributed by atoms with van der Waals surface area (Å²) in [5.74, 6) is -0.0472. The maximum absolute atomic E-state index is 11.4. The molecule has 0 aromatic heterocycles. The van der Waals surface area contributed by atoms with Crippen molar-refractivity contribution in [2.75, 3.05) is 13.1 Å². The largest absolute Gasteiger partial charge is 0.480 e. The maximum Gasteiger partial charge on any atom is 0.323 e. The van der Waals surface area contributed by atoms with Crippen LogP contribution in [0.5, 0.6) is 0 Å². The van der Waals surface area contributed by atoms with Crippen molar-refractivity contribution >= 4 is 5.97 Å². The molecule has 0 unspecified atom stereocenters. The van der Waals surface area contributed by atoms with Gasteiger partial charge in [0.15, 0.2) is 0 Å². The lowest BCUT2D eigenvalue weighted by Crippen LogP contribution is -2.49. The highest BCUT2D eigenvalue weighted by Gasteiger charge is 2.47. The van der Waals surface area contributed by atoms with Crippen LogP contribution < -0.4 is 5.73 Å². The van der Waals surface area contributed by atoms with Crippen molar-refractivity contribution in [1.29, 1.82) is 0 Å². The molecule has 17 heavy (non-hydrogen) atoms. The summed E-state index contributed by atoms with van der Waals surface area (Å²) in [6, 6.07) is 0.0136. The number of carboxylic acid groups (broad SMARTS) is 1. The fourth-order valence-corrected chi connectivity index (χ4v) is 3.37. The van der Waals surface area contributed by atoms with Crippen LogP contribution in [0.1, 0.15) is 45.4 Å². The average Bonchev–Trinajstić information content (AvgIpc) is 2.56. The minimum absolute atomic E-state index is 0.0136. The summed E-state index contributed by atoms with van der Waals surface area (Å²) in [4.78, 5) is 13.5. The average molecular weight is 240 g/mol. The molecule has 0 bridgehead atoms. The maximum atomic E-state index is 11.4. The van der Waals surface area contributed by atoms with Gasteiger partial charge in [-0.3, -0.25) is 9.69 Å². The third-order valence-corrected chi connectivity index (χ3v) is 4.48. The van der Waals surface area contributed by atoms with Gasteiger partial charge >= 0.3 is 5.97 Å². The van der Waals surface area contributed by atoms with Crippen molar-refractivity contribution in [2.45, 2.75) is 57.0 Å². The Labute approximate surface area is 103 Å². The number of nitrogens with zero attached hydrogens (tertiary/aromatic N) is 1. The Morgan fingerprint density at radius 3 is 2.65 bits per heavy atom. The normalized spacial score (nSPS) is 36.2. The van der Waals surface area contributed by atoms with E-state index in [9.17, 15) is 9.90 Å². The lowest BCUT2D eigenvalue weighted by molar-refractivity contribution is -0.149. The number of carbonyl (C=O) groups is 1. The van der Waals surface area contributed by atoms with E-state index in [-0.39, 0.29) is 6.04 Å². The molecule has 2 aliphatic rings. The molecular weight excluding hydrogens is 216 g/mol. The fourth-order valence-electron chi connectivity index (χ4n) is 3.37. The van der Waals surface area contributed by atoms with Gasteiger partial charge in [0.2, 0.25) is 0 Å². The van der Waals surface area contributed by atoms with E-state index in [2.05, 4.69) is 4.90 Å². The summed E-state index contributed by atoms with van der Waals surface area (Å²) in [6.07, 6.45) is 7.02. The monoisotopic (exact) mass is 240 g/mol. The van der Waals surface area contributed by atoms with Gasteiger partial charge in [0.05, 0.1) is 0 Å². The summed E-state index contributed by atoms with van der Waals surface area (Å²) in [7, 11) is 0. The summed E-state index contributed by atoms with van der Waals surface area (Å²) < 4.78 is 0. The topological polar surface area (TPSA) is 66.6 Å². The first kappa shape index (κ1) is 12.8. The number of hydrogen-bond acceptors (Lipinski definition) is 3. The molecule has 98 valence electrons. The molecule has 4 nitrogen and oxygen atoms in total. The molecule has 0 aromatic rings. The number of likely N-dealkylation sites (tertiary alicyclic amines) is 1. The first-order valence-electron chi connectivity index (χ1n) is 6.76. The number of aliphatic carboxylic acids is 1. The highest BCUT2D eigenvalue weighted by Crippen LogP contribution is 2.32. The predicted octanol–water partition coefficient (Wildman–Crippen LogP) is 1.44. The van der Waals surface area contributed by atoms with Crippen molar-refractivity contribution in [3.05, 3.63) is 0 Å². The van der Waals surface area contributed by atoms with Crippen molar-refractivity contribution in [3.8, 4) is 0 Å². The van der Waals surface area contributed by atoms with Crippen molar-refractivity contribution < 1.29 is 9.90 Å². The lowest BCUT2D eigenvalue weighted by atomic mass is 9.88. The molecule has 2 rings (SSSR count). The van der Waals surface area contributed by atoms with Gasteiger partial charge in [-0.25, -0.2) is 0 Å². The van der Waals surface area contributed by atoms with E-state index in [4.69, 9.17) is 5.73 Å². The molecule has 1 heterocycles. The molecule has 0 amide bonds. The summed E-state index contributed by atoms with van der Waals surface area (Å²) >= 11 is 0. The van der Waals surface area contributed by atoms with Crippen LogP contribution >= 0.6 is 0 Å². The smallest absolute Gasteiger partial charge is 0.323 e. The zero-order valence-electron chi connectivity index (χ0n) is 10.7. The molecule has 0 aromatic carbocycles. The third kappa shape index (κ3) is 2.63. The Morgan fingerprint density at radius 1 is 1.41 bits per heavy atom. The van der Waals surface area contributed by atoms with Crippen molar-refractivity contribution in [3.63, 3.8) is 0 Å². The molecule has 0 radical (unpaired) electrons. The van der Waals surface area contributed by atoms with Gasteiger partial charge in [-0.15, -0.1) is 0 Å². The first-order chi connectivity index (χ1) is 8.02. The predicted molar refractivity (Wildman–Crippen MR) is 66.8 cm³/mol. The third-order valence-electron chi connectivity index (χ3n) is 4.48. The molecule has 3 N–H and O–H groups in total. The van der Waals surface area contributed by atoms with E-state index >= 15 is 0 Å². The van der Waals surface area contributed by atoms with Crippen LogP contribution in [0.25, 0.3) is 0 Å². The quantitative estimate of drug-likeness (QED) is 0.783. The zero-order chi connectivity index (χ0) is 12.5. The standard InChI is InChI=1S/C13H24N2O2/c1-13(12(16)17)7-11(14)9-15(13)8-10-5-3-2-4-6-10/h10-11H,2-9,14H2,1H3,(H,16,17)/t11-,13-/m0/s1. The number of rotatable bonds is 3. The fraction of sp³-hybridized carbons (Fsp3) is 0.923. The minimum Gasteiger partial charge on any atom is -0.480 e. The van der Waals surface area contributed by atoms with Gasteiger partial charge in [0, 0.05) is 19.1 Å². The van der Waals surface area contributed by atoms with Gasteiger partial charge in [-0.05, 0) is 32.1 Å². The SMILES string of the molecule is C[C@@]1(C(=O)O)C[C@H](N)CN1CC1CCCCC1. The highest BCUT2D eigenvalue weighted by atomic mass is 16.4. The Bertz CT molecular complexity index is 289. The Morgan fingerprint density at radius 2 is 2.06 bits per heavy atom. The molecule has 1 saturated heterocycles. The first-order valence-corrected chi connectivity index (χ1v) is 6.76. The van der Waals surface area contributed by atoms with Gasteiger partial charge in [0.1, 0.15) is 5.54 Å². The Balaban J connectivity index is 2.00. The number of nitrogens with two attached hydrogens (primary N) is 1. The molecule has 1 aliphatic heterocycles. The summed E-state index contributed by atoms with van der Waals surface area (Å²) in [5.41, 5.74) is 5.20. The van der Waals surface area contributed by atoms with Crippen LogP contribution in [0.3, 0.4) is 0 Å². The van der Waals surface area contributed by atoms with Crippen LogP contribution in [0.2, 0.25) is 0 Å². The Hall–Kier alpha value is -0.610. The van der Waals surface area contributed by atoms with E-state index < -0.39 is 11.5 Å². The second kappa shape index (κ2) is 4.94. The molecule has 1 aliphatic carbocycles. The van der Waals surface area contributed by atoms with E-state index in [0.717, 1.165) is 13.1 Å². The second-order valence-electron chi connectivity index (χ2n) is 5.95. The van der Waals surface area contributed by atoms with Crippen LogP contribution in [0.4, 0.5) is 0 Å². The molecule has 2 atom stereocenters. The van der Waals surface area contributed by atoms with Gasteiger partial charge < -0.3 is 10.8 Å². The van der Waals surface area contributed by atoms with E-state index in [1.54, 1.807) is 0 Å². The summed E-state index contributed by atoms with van der Waals surface area (Å²) in [6.45, 7) is 3.47. The second-order valence-corrected chi connectivity index (χ2v) is 5.95. The lowest BCUT2D eigenvalue weighted by Gasteiger charge is -2.35. The van der Waals surface area contributed by atoms with E-state index in [0.29, 0.717) is 12.3 Å². The highest BCUT2D eigenvalue weighted by molar-refractivity contribution is 5.78. The van der Waals surface area contributed by atoms with Gasteiger partial charge in [0.25, 0.3) is 0 Å². The molecular formula is C13H24N2O2. The number of carboxylic acids is 1. The van der Waals surface area contributed by atoms with Crippen LogP contribution in [-0.2, 0) is 4.79 Å². The Kier molecular flexibility index (Phi) is 3.73. The molecule has 1 saturated carbocycles. The van der Waals surface area contributed by atoms with Crippen molar-refractivity contribution in [1.82, 2.24) is 4.90 Å². The molecule has 2 fully saturated rings. The van der Waals surface area contributed by atoms with Crippen LogP contribution in [-0.4, -0.2) is 40.6 Å². The van der Waals surface area contributed by atoms with Crippen LogP contribution in [0, 0.1) is 5.92 Å².